The predicted molar refractivity (Wildman–Crippen MR) is 107 cm³/mol. The van der Waals surface area contributed by atoms with Crippen LogP contribution >= 0.6 is 0 Å². The van der Waals surface area contributed by atoms with E-state index in [2.05, 4.69) is 24.3 Å². The van der Waals surface area contributed by atoms with E-state index in [1.807, 2.05) is 65.7 Å². The van der Waals surface area contributed by atoms with Crippen LogP contribution in [-0.2, 0) is 14.4 Å². The summed E-state index contributed by atoms with van der Waals surface area (Å²) in [6.45, 7) is 0. The van der Waals surface area contributed by atoms with Crippen LogP contribution in [0.3, 0.4) is 0 Å². The Morgan fingerprint density at radius 1 is 0.929 bits per heavy atom. The zero-order valence-electron chi connectivity index (χ0n) is 15.6. The highest BCUT2D eigenvalue weighted by atomic mass is 16.7. The van der Waals surface area contributed by atoms with Gasteiger partial charge in [-0.2, -0.15) is 0 Å². The summed E-state index contributed by atoms with van der Waals surface area (Å²) in [7, 11) is 0. The monoisotopic (exact) mass is 373 g/mol. The Balaban J connectivity index is 1.48. The molecule has 1 unspecified atom stereocenters. The molecule has 0 bridgehead atoms. The number of para-hydroxylation sites is 1. The Labute approximate surface area is 165 Å². The highest BCUT2D eigenvalue weighted by molar-refractivity contribution is 5.77. The van der Waals surface area contributed by atoms with Crippen LogP contribution in [0, 0.1) is 11.8 Å². The molecule has 2 heterocycles. The summed E-state index contributed by atoms with van der Waals surface area (Å²) in [4.78, 5) is 19.5. The Kier molecular flexibility index (Phi) is 4.49. The maximum Gasteiger partial charge on any atom is 0.314 e. The summed E-state index contributed by atoms with van der Waals surface area (Å²) in [6.07, 6.45) is 9.58. The Hall–Kier alpha value is -2.85. The van der Waals surface area contributed by atoms with Crippen molar-refractivity contribution in [2.75, 3.05) is 5.06 Å². The number of carbonyl (C=O) groups excluding carboxylic acids is 1. The van der Waals surface area contributed by atoms with Crippen LogP contribution < -0.4 is 5.06 Å². The van der Waals surface area contributed by atoms with E-state index in [9.17, 15) is 4.79 Å². The molecule has 3 aliphatic rings. The Bertz CT molecular complexity index is 893. The number of hydrogen-bond acceptors (Lipinski definition) is 4. The predicted octanol–water partition coefficient (Wildman–Crippen LogP) is 4.61. The summed E-state index contributed by atoms with van der Waals surface area (Å²) in [5.41, 5.74) is 2.00. The molecule has 2 aromatic rings. The van der Waals surface area contributed by atoms with Crippen LogP contribution in [0.1, 0.15) is 24.5 Å². The van der Waals surface area contributed by atoms with Crippen LogP contribution in [0.25, 0.3) is 0 Å². The summed E-state index contributed by atoms with van der Waals surface area (Å²) in [5, 5.41) is 1.96. The number of allylic oxidation sites excluding steroid dienone is 3. The van der Waals surface area contributed by atoms with Gasteiger partial charge in [-0.25, -0.2) is 5.06 Å². The number of ether oxygens (including phenoxy) is 1. The number of esters is 1. The molecule has 0 saturated carbocycles. The molecule has 142 valence electrons. The molecular weight excluding hydrogens is 350 g/mol. The van der Waals surface area contributed by atoms with Crippen LogP contribution in [0.15, 0.2) is 85.0 Å². The second kappa shape index (κ2) is 7.28. The van der Waals surface area contributed by atoms with E-state index in [1.165, 1.54) is 0 Å². The number of benzene rings is 2. The SMILES string of the molecule is O=C1O[C@@H](c2ccccc2)C[C@@H]2ON(c3ccccc3)[C@H](C3C=CC=CC3)[C@H]12. The molecule has 0 N–H and O–H groups in total. The number of rotatable bonds is 3. The molecule has 0 radical (unpaired) electrons. The van der Waals surface area contributed by atoms with E-state index in [-0.39, 0.29) is 36.1 Å². The lowest BCUT2D eigenvalue weighted by atomic mass is 9.79. The highest BCUT2D eigenvalue weighted by Crippen LogP contribution is 2.45. The summed E-state index contributed by atoms with van der Waals surface area (Å²) < 4.78 is 5.90. The van der Waals surface area contributed by atoms with Crippen molar-refractivity contribution in [1.29, 1.82) is 0 Å². The first-order valence-corrected chi connectivity index (χ1v) is 9.91. The number of anilines is 1. The van der Waals surface area contributed by atoms with Crippen molar-refractivity contribution in [2.45, 2.75) is 31.1 Å². The maximum absolute atomic E-state index is 13.1. The van der Waals surface area contributed by atoms with Crippen molar-refractivity contribution in [1.82, 2.24) is 0 Å². The molecule has 1 aliphatic carbocycles. The van der Waals surface area contributed by atoms with Crippen molar-refractivity contribution in [3.05, 3.63) is 90.5 Å². The molecule has 0 amide bonds. The van der Waals surface area contributed by atoms with E-state index >= 15 is 0 Å². The Morgan fingerprint density at radius 3 is 2.39 bits per heavy atom. The maximum atomic E-state index is 13.1. The molecule has 4 nitrogen and oxygen atoms in total. The quantitative estimate of drug-likeness (QED) is 0.737. The lowest BCUT2D eigenvalue weighted by molar-refractivity contribution is -0.167. The molecule has 0 spiro atoms. The van der Waals surface area contributed by atoms with Gasteiger partial charge < -0.3 is 4.74 Å². The van der Waals surface area contributed by atoms with E-state index in [0.717, 1.165) is 17.7 Å². The number of carbonyl (C=O) groups is 1. The van der Waals surface area contributed by atoms with Crippen molar-refractivity contribution in [3.63, 3.8) is 0 Å². The van der Waals surface area contributed by atoms with Crippen molar-refractivity contribution in [2.24, 2.45) is 11.8 Å². The van der Waals surface area contributed by atoms with Gasteiger partial charge in [0.05, 0.1) is 11.7 Å². The van der Waals surface area contributed by atoms with E-state index in [0.29, 0.717) is 6.42 Å². The largest absolute Gasteiger partial charge is 0.457 e. The first-order chi connectivity index (χ1) is 13.8. The third-order valence-electron chi connectivity index (χ3n) is 5.90. The average Bonchev–Trinajstić information content (AvgIpc) is 3.16. The van der Waals surface area contributed by atoms with Crippen molar-refractivity contribution >= 4 is 11.7 Å². The van der Waals surface area contributed by atoms with Gasteiger partial charge in [-0.1, -0.05) is 72.8 Å². The van der Waals surface area contributed by atoms with Gasteiger partial charge in [-0.3, -0.25) is 9.63 Å². The fourth-order valence-corrected chi connectivity index (χ4v) is 4.58. The Morgan fingerprint density at radius 2 is 1.68 bits per heavy atom. The summed E-state index contributed by atoms with van der Waals surface area (Å²) in [6, 6.07) is 19.9. The van der Waals surface area contributed by atoms with Crippen LogP contribution in [-0.4, -0.2) is 18.1 Å². The molecule has 5 atom stereocenters. The van der Waals surface area contributed by atoms with Gasteiger partial charge in [0.2, 0.25) is 0 Å². The molecule has 2 aliphatic heterocycles. The fraction of sp³-hybridized carbons (Fsp3) is 0.292. The second-order valence-electron chi connectivity index (χ2n) is 7.61. The normalized spacial score (nSPS) is 31.5. The molecule has 4 heteroatoms. The summed E-state index contributed by atoms with van der Waals surface area (Å²) in [5.74, 6) is -0.237. The van der Waals surface area contributed by atoms with Gasteiger partial charge in [0.15, 0.2) is 0 Å². The molecule has 5 rings (SSSR count). The van der Waals surface area contributed by atoms with Crippen molar-refractivity contribution < 1.29 is 14.4 Å². The van der Waals surface area contributed by atoms with Gasteiger partial charge in [-0.15, -0.1) is 0 Å². The summed E-state index contributed by atoms with van der Waals surface area (Å²) >= 11 is 0. The lowest BCUT2D eigenvalue weighted by Gasteiger charge is -2.34. The van der Waals surface area contributed by atoms with Crippen LogP contribution in [0.4, 0.5) is 5.69 Å². The number of hydroxylamine groups is 1. The minimum atomic E-state index is -0.290. The molecule has 0 aromatic heterocycles. The first-order valence-electron chi connectivity index (χ1n) is 9.91. The average molecular weight is 373 g/mol. The minimum Gasteiger partial charge on any atom is -0.457 e. The molecule has 2 fully saturated rings. The molecule has 2 saturated heterocycles. The van der Waals surface area contributed by atoms with Crippen LogP contribution in [0.5, 0.6) is 0 Å². The number of nitrogens with zero attached hydrogens (tertiary/aromatic N) is 1. The zero-order valence-corrected chi connectivity index (χ0v) is 15.6. The zero-order chi connectivity index (χ0) is 18.9. The van der Waals surface area contributed by atoms with Gasteiger partial charge in [-0.05, 0) is 24.1 Å². The smallest absolute Gasteiger partial charge is 0.314 e. The minimum absolute atomic E-state index is 0.0715. The third-order valence-corrected chi connectivity index (χ3v) is 5.90. The van der Waals surface area contributed by atoms with Gasteiger partial charge in [0.1, 0.15) is 18.1 Å². The highest BCUT2D eigenvalue weighted by Gasteiger charge is 2.54. The number of hydrogen-bond donors (Lipinski definition) is 0. The van der Waals surface area contributed by atoms with Crippen LogP contribution in [0.2, 0.25) is 0 Å². The van der Waals surface area contributed by atoms with E-state index in [1.54, 1.807) is 0 Å². The van der Waals surface area contributed by atoms with Gasteiger partial charge in [0, 0.05) is 12.3 Å². The first kappa shape index (κ1) is 17.3. The lowest BCUT2D eigenvalue weighted by Crippen LogP contribution is -2.45. The number of cyclic esters (lactones) is 1. The molecular formula is C24H23NO3. The van der Waals surface area contributed by atoms with Crippen molar-refractivity contribution in [3.8, 4) is 0 Å². The fourth-order valence-electron chi connectivity index (χ4n) is 4.58. The third kappa shape index (κ3) is 3.04. The second-order valence-corrected chi connectivity index (χ2v) is 7.61. The number of fused-ring (bicyclic) bond motifs is 1. The molecule has 28 heavy (non-hydrogen) atoms. The topological polar surface area (TPSA) is 38.8 Å². The standard InChI is InChI=1S/C24H23NO3/c26-24-22-21(16-20(27-24)17-10-4-1-5-11-17)28-25(19-14-8-3-9-15-19)23(22)18-12-6-2-7-13-18/h1-12,14-15,18,20-23H,13,16H2/t18?,20-,21+,22-,23-/m1/s1. The van der Waals surface area contributed by atoms with Gasteiger partial charge in [0.25, 0.3) is 0 Å². The van der Waals surface area contributed by atoms with E-state index < -0.39 is 0 Å². The molecule has 2 aromatic carbocycles. The van der Waals surface area contributed by atoms with Gasteiger partial charge >= 0.3 is 5.97 Å². The van der Waals surface area contributed by atoms with E-state index in [4.69, 9.17) is 9.57 Å².